The molecule has 1 aromatic carbocycles. The second-order valence-electron chi connectivity index (χ2n) is 5.53. The summed E-state index contributed by atoms with van der Waals surface area (Å²) in [4.78, 5) is 34.2. The van der Waals surface area contributed by atoms with Crippen LogP contribution in [0.2, 0.25) is 0 Å². The van der Waals surface area contributed by atoms with E-state index in [-0.39, 0.29) is 11.3 Å². The third-order valence-corrected chi connectivity index (χ3v) is 3.42. The number of carboxylic acid groups (broad SMARTS) is 1. The molecule has 1 aromatic heterocycles. The van der Waals surface area contributed by atoms with Gasteiger partial charge in [-0.15, -0.1) is 0 Å². The van der Waals surface area contributed by atoms with E-state index in [1.807, 2.05) is 0 Å². The molecule has 0 aliphatic carbocycles. The second-order valence-corrected chi connectivity index (χ2v) is 5.53. The van der Waals surface area contributed by atoms with Crippen LogP contribution in [0.25, 0.3) is 5.69 Å². The van der Waals surface area contributed by atoms with Gasteiger partial charge in [-0.3, -0.25) is 9.59 Å². The van der Waals surface area contributed by atoms with Crippen molar-refractivity contribution in [3.8, 4) is 5.69 Å². The molecule has 0 fully saturated rings. The summed E-state index contributed by atoms with van der Waals surface area (Å²) in [6.07, 6.45) is -4.14. The molecule has 0 saturated carbocycles. The fourth-order valence-electron chi connectivity index (χ4n) is 2.21. The first-order valence-electron chi connectivity index (χ1n) is 7.58. The SMILES string of the molecule is Cc1c(C(=O)O)cnn1-c1cccc(NC(=O)CC(=O)NCC(F)(F)F)c1. The number of hydrogen-bond donors (Lipinski definition) is 3. The maximum atomic E-state index is 12.0. The summed E-state index contributed by atoms with van der Waals surface area (Å²) in [7, 11) is 0. The minimum Gasteiger partial charge on any atom is -0.478 e. The first-order chi connectivity index (χ1) is 12.6. The minimum atomic E-state index is -4.56. The van der Waals surface area contributed by atoms with Gasteiger partial charge in [0.15, 0.2) is 0 Å². The molecular weight excluding hydrogens is 369 g/mol. The zero-order valence-corrected chi connectivity index (χ0v) is 14.0. The lowest BCUT2D eigenvalue weighted by molar-refractivity contribution is -0.140. The molecule has 0 unspecified atom stereocenters. The smallest absolute Gasteiger partial charge is 0.405 e. The summed E-state index contributed by atoms with van der Waals surface area (Å²) in [5.41, 5.74) is 1.12. The molecule has 2 amide bonds. The van der Waals surface area contributed by atoms with Crippen molar-refractivity contribution in [1.29, 1.82) is 0 Å². The van der Waals surface area contributed by atoms with Gasteiger partial charge >= 0.3 is 12.1 Å². The van der Waals surface area contributed by atoms with E-state index in [1.165, 1.54) is 23.0 Å². The Kier molecular flexibility index (Phi) is 5.83. The largest absolute Gasteiger partial charge is 0.478 e. The third-order valence-electron chi connectivity index (χ3n) is 3.42. The molecule has 2 aromatic rings. The number of nitrogens with zero attached hydrogens (tertiary/aromatic N) is 2. The normalized spacial score (nSPS) is 11.1. The number of benzene rings is 1. The maximum Gasteiger partial charge on any atom is 0.405 e. The van der Waals surface area contributed by atoms with Gasteiger partial charge in [0.1, 0.15) is 18.5 Å². The molecule has 0 aliphatic heterocycles. The number of hydrogen-bond acceptors (Lipinski definition) is 4. The topological polar surface area (TPSA) is 113 Å². The molecule has 0 saturated heterocycles. The summed E-state index contributed by atoms with van der Waals surface area (Å²) in [5, 5.41) is 17.0. The zero-order valence-electron chi connectivity index (χ0n) is 14.0. The Balaban J connectivity index is 2.04. The summed E-state index contributed by atoms with van der Waals surface area (Å²) in [5.74, 6) is -2.99. The van der Waals surface area contributed by atoms with Gasteiger partial charge in [0.05, 0.1) is 17.6 Å². The highest BCUT2D eigenvalue weighted by Gasteiger charge is 2.28. The monoisotopic (exact) mass is 384 g/mol. The molecule has 3 N–H and O–H groups in total. The minimum absolute atomic E-state index is 0.0192. The van der Waals surface area contributed by atoms with Gasteiger partial charge in [0, 0.05) is 5.69 Å². The Hall–Kier alpha value is -3.37. The van der Waals surface area contributed by atoms with E-state index in [4.69, 9.17) is 5.11 Å². The number of halogens is 3. The summed E-state index contributed by atoms with van der Waals surface area (Å²) < 4.78 is 37.4. The quantitative estimate of drug-likeness (QED) is 0.658. The number of carbonyl (C=O) groups is 3. The Morgan fingerprint density at radius 1 is 1.22 bits per heavy atom. The van der Waals surface area contributed by atoms with Crippen molar-refractivity contribution in [2.24, 2.45) is 0 Å². The number of aromatic nitrogens is 2. The molecule has 11 heteroatoms. The fourth-order valence-corrected chi connectivity index (χ4v) is 2.21. The van der Waals surface area contributed by atoms with E-state index >= 15 is 0 Å². The summed E-state index contributed by atoms with van der Waals surface area (Å²) in [6, 6.07) is 6.18. The summed E-state index contributed by atoms with van der Waals surface area (Å²) >= 11 is 0. The zero-order chi connectivity index (χ0) is 20.2. The van der Waals surface area contributed by atoms with Gasteiger partial charge in [0.2, 0.25) is 11.8 Å². The lowest BCUT2D eigenvalue weighted by atomic mass is 10.2. The number of carbonyl (C=O) groups excluding carboxylic acids is 2. The first kappa shape index (κ1) is 19.9. The van der Waals surface area contributed by atoms with Crippen LogP contribution in [0.5, 0.6) is 0 Å². The van der Waals surface area contributed by atoms with Gasteiger partial charge in [-0.2, -0.15) is 18.3 Å². The standard InChI is InChI=1S/C16H15F3N4O4/c1-9-12(15(26)27)7-21-23(9)11-4-2-3-10(5-11)22-14(25)6-13(24)20-8-16(17,18)19/h2-5,7H,6,8H2,1H3,(H,20,24)(H,22,25)(H,26,27). The molecule has 1 heterocycles. The molecule has 27 heavy (non-hydrogen) atoms. The van der Waals surface area contributed by atoms with Crippen molar-refractivity contribution in [1.82, 2.24) is 15.1 Å². The van der Waals surface area contributed by atoms with E-state index < -0.39 is 36.9 Å². The average Bonchev–Trinajstić information content (AvgIpc) is 2.94. The first-order valence-corrected chi connectivity index (χ1v) is 7.58. The van der Waals surface area contributed by atoms with Crippen molar-refractivity contribution in [2.45, 2.75) is 19.5 Å². The lowest BCUT2D eigenvalue weighted by Crippen LogP contribution is -2.35. The van der Waals surface area contributed by atoms with Crippen LogP contribution in [-0.4, -0.2) is 45.4 Å². The molecular formula is C16H15F3N4O4. The highest BCUT2D eigenvalue weighted by molar-refractivity contribution is 6.03. The molecule has 8 nitrogen and oxygen atoms in total. The van der Waals surface area contributed by atoms with Crippen molar-refractivity contribution in [3.05, 3.63) is 41.7 Å². The van der Waals surface area contributed by atoms with Gasteiger partial charge in [0.25, 0.3) is 0 Å². The number of aromatic carboxylic acids is 1. The molecule has 0 radical (unpaired) electrons. The number of carboxylic acids is 1. The van der Waals surface area contributed by atoms with Crippen molar-refractivity contribution in [2.75, 3.05) is 11.9 Å². The Bertz CT molecular complexity index is 877. The van der Waals surface area contributed by atoms with E-state index in [1.54, 1.807) is 24.4 Å². The van der Waals surface area contributed by atoms with Crippen molar-refractivity contribution in [3.63, 3.8) is 0 Å². The predicted octanol–water partition coefficient (Wildman–Crippen LogP) is 1.89. The van der Waals surface area contributed by atoms with Crippen LogP contribution in [0, 0.1) is 6.92 Å². The lowest BCUT2D eigenvalue weighted by Gasteiger charge is -2.10. The average molecular weight is 384 g/mol. The predicted molar refractivity (Wildman–Crippen MR) is 87.6 cm³/mol. The number of alkyl halides is 3. The Morgan fingerprint density at radius 2 is 1.93 bits per heavy atom. The number of amides is 2. The highest BCUT2D eigenvalue weighted by Crippen LogP contribution is 2.18. The Morgan fingerprint density at radius 3 is 2.52 bits per heavy atom. The van der Waals surface area contributed by atoms with Gasteiger partial charge in [-0.25, -0.2) is 9.48 Å². The van der Waals surface area contributed by atoms with Gasteiger partial charge in [-0.05, 0) is 25.1 Å². The summed E-state index contributed by atoms with van der Waals surface area (Å²) in [6.45, 7) is 0.0474. The fraction of sp³-hybridized carbons (Fsp3) is 0.250. The number of nitrogens with one attached hydrogen (secondary N) is 2. The van der Waals surface area contributed by atoms with Crippen molar-refractivity contribution < 1.29 is 32.7 Å². The van der Waals surface area contributed by atoms with E-state index in [9.17, 15) is 27.6 Å². The van der Waals surface area contributed by atoms with Crippen LogP contribution in [0.15, 0.2) is 30.5 Å². The Labute approximate surface area is 151 Å². The molecule has 0 bridgehead atoms. The molecule has 144 valence electrons. The molecule has 0 aliphatic rings. The van der Waals surface area contributed by atoms with Crippen LogP contribution >= 0.6 is 0 Å². The van der Waals surface area contributed by atoms with Crippen LogP contribution in [0.1, 0.15) is 22.5 Å². The van der Waals surface area contributed by atoms with Crippen LogP contribution in [-0.2, 0) is 9.59 Å². The van der Waals surface area contributed by atoms with Crippen LogP contribution in [0.3, 0.4) is 0 Å². The third kappa shape index (κ3) is 5.56. The highest BCUT2D eigenvalue weighted by atomic mass is 19.4. The van der Waals surface area contributed by atoms with Gasteiger partial charge < -0.3 is 15.7 Å². The van der Waals surface area contributed by atoms with E-state index in [0.717, 1.165) is 0 Å². The van der Waals surface area contributed by atoms with Crippen molar-refractivity contribution >= 4 is 23.5 Å². The van der Waals surface area contributed by atoms with E-state index in [2.05, 4.69) is 10.4 Å². The van der Waals surface area contributed by atoms with E-state index in [0.29, 0.717) is 11.4 Å². The number of anilines is 1. The molecule has 2 rings (SSSR count). The van der Waals surface area contributed by atoms with Crippen LogP contribution in [0.4, 0.5) is 18.9 Å². The number of rotatable bonds is 6. The van der Waals surface area contributed by atoms with Crippen LogP contribution < -0.4 is 10.6 Å². The van der Waals surface area contributed by atoms with Gasteiger partial charge in [-0.1, -0.05) is 6.07 Å². The maximum absolute atomic E-state index is 12.0. The molecule has 0 atom stereocenters. The second kappa shape index (κ2) is 7.89. The molecule has 0 spiro atoms.